The van der Waals surface area contributed by atoms with Crippen molar-refractivity contribution in [2.45, 2.75) is 26.1 Å². The molecule has 0 atom stereocenters. The smallest absolute Gasteiger partial charge is 0.0178 e. The SMILES string of the molecule is NCc1ccc(S(c2ccccc2)(c2ccccc2)c2ccccc2)cc1.S. The van der Waals surface area contributed by atoms with Gasteiger partial charge in [-0.25, -0.2) is 0 Å². The van der Waals surface area contributed by atoms with E-state index in [4.69, 9.17) is 5.73 Å². The molecule has 1 nitrogen and oxygen atoms in total. The summed E-state index contributed by atoms with van der Waals surface area (Å²) < 4.78 is 0. The minimum absolute atomic E-state index is 0. The Morgan fingerprint density at radius 1 is 0.464 bits per heavy atom. The van der Waals surface area contributed by atoms with Crippen LogP contribution < -0.4 is 5.73 Å². The molecule has 0 amide bonds. The molecule has 28 heavy (non-hydrogen) atoms. The predicted octanol–water partition coefficient (Wildman–Crippen LogP) is 6.60. The molecule has 0 radical (unpaired) electrons. The highest BCUT2D eigenvalue weighted by Crippen LogP contribution is 2.73. The van der Waals surface area contributed by atoms with Gasteiger partial charge in [0.1, 0.15) is 0 Å². The van der Waals surface area contributed by atoms with Crippen LogP contribution in [0.5, 0.6) is 0 Å². The molecule has 0 spiro atoms. The predicted molar refractivity (Wildman–Crippen MR) is 125 cm³/mol. The van der Waals surface area contributed by atoms with E-state index in [2.05, 4.69) is 115 Å². The van der Waals surface area contributed by atoms with Gasteiger partial charge in [0.05, 0.1) is 0 Å². The number of hydrogen-bond acceptors (Lipinski definition) is 1. The minimum Gasteiger partial charge on any atom is -0.326 e. The van der Waals surface area contributed by atoms with Crippen molar-refractivity contribution in [2.75, 3.05) is 0 Å². The third-order valence-electron chi connectivity index (χ3n) is 4.80. The topological polar surface area (TPSA) is 26.0 Å². The monoisotopic (exact) mass is 403 g/mol. The fraction of sp³-hybridized carbons (Fsp3) is 0.0400. The van der Waals surface area contributed by atoms with E-state index in [1.165, 1.54) is 19.6 Å². The first kappa shape index (κ1) is 20.3. The first-order chi connectivity index (χ1) is 13.4. The van der Waals surface area contributed by atoms with Crippen molar-refractivity contribution in [2.24, 2.45) is 5.73 Å². The number of nitrogens with two attached hydrogens (primary N) is 1. The lowest BCUT2D eigenvalue weighted by atomic mass is 10.2. The van der Waals surface area contributed by atoms with Crippen LogP contribution in [-0.4, -0.2) is 0 Å². The van der Waals surface area contributed by atoms with Crippen molar-refractivity contribution >= 4 is 23.5 Å². The second-order valence-electron chi connectivity index (χ2n) is 6.40. The van der Waals surface area contributed by atoms with E-state index in [-0.39, 0.29) is 13.5 Å². The largest absolute Gasteiger partial charge is 0.326 e. The van der Waals surface area contributed by atoms with E-state index in [0.29, 0.717) is 6.54 Å². The zero-order chi connectivity index (χ0) is 18.5. The molecule has 0 saturated carbocycles. The van der Waals surface area contributed by atoms with Gasteiger partial charge in [0.25, 0.3) is 0 Å². The Labute approximate surface area is 176 Å². The highest BCUT2D eigenvalue weighted by Gasteiger charge is 2.32. The Morgan fingerprint density at radius 3 is 1.11 bits per heavy atom. The van der Waals surface area contributed by atoms with Crippen molar-refractivity contribution in [1.29, 1.82) is 0 Å². The molecule has 0 aromatic heterocycles. The van der Waals surface area contributed by atoms with E-state index in [1.54, 1.807) is 0 Å². The fourth-order valence-electron chi connectivity index (χ4n) is 3.52. The van der Waals surface area contributed by atoms with Gasteiger partial charge >= 0.3 is 0 Å². The molecule has 4 aromatic carbocycles. The highest BCUT2D eigenvalue weighted by molar-refractivity contribution is 8.34. The molecule has 0 aliphatic rings. The van der Waals surface area contributed by atoms with Gasteiger partial charge in [0.15, 0.2) is 0 Å². The van der Waals surface area contributed by atoms with E-state index < -0.39 is 10.0 Å². The van der Waals surface area contributed by atoms with Crippen LogP contribution in [0.2, 0.25) is 0 Å². The van der Waals surface area contributed by atoms with Gasteiger partial charge in [-0.2, -0.15) is 13.5 Å². The third kappa shape index (κ3) is 3.61. The molecule has 4 rings (SSSR count). The lowest BCUT2D eigenvalue weighted by molar-refractivity contribution is 1.06. The molecule has 2 N–H and O–H groups in total. The summed E-state index contributed by atoms with van der Waals surface area (Å²) in [4.78, 5) is 5.33. The summed E-state index contributed by atoms with van der Waals surface area (Å²) in [6, 6.07) is 41.4. The summed E-state index contributed by atoms with van der Waals surface area (Å²) in [7, 11) is -1.58. The van der Waals surface area contributed by atoms with Gasteiger partial charge in [-0.15, -0.1) is 10.0 Å². The van der Waals surface area contributed by atoms with Gasteiger partial charge in [0, 0.05) is 26.1 Å². The van der Waals surface area contributed by atoms with Crippen LogP contribution in [-0.2, 0) is 6.54 Å². The second-order valence-corrected chi connectivity index (χ2v) is 9.51. The molecule has 0 bridgehead atoms. The van der Waals surface area contributed by atoms with Crippen LogP contribution in [0.15, 0.2) is 135 Å². The summed E-state index contributed by atoms with van der Waals surface area (Å²) in [6.07, 6.45) is 0. The maximum atomic E-state index is 5.85. The fourth-order valence-corrected chi connectivity index (χ4v) is 7.39. The number of hydrogen-bond donors (Lipinski definition) is 1. The highest BCUT2D eigenvalue weighted by atomic mass is 32.3. The molecule has 0 fully saturated rings. The Hall–Kier alpha value is -2.46. The quantitative estimate of drug-likeness (QED) is 0.399. The lowest BCUT2D eigenvalue weighted by Gasteiger charge is -2.42. The molecule has 0 aliphatic carbocycles. The van der Waals surface area contributed by atoms with Crippen molar-refractivity contribution in [3.8, 4) is 0 Å². The average molecular weight is 404 g/mol. The van der Waals surface area contributed by atoms with Crippen molar-refractivity contribution in [1.82, 2.24) is 0 Å². The number of rotatable bonds is 5. The van der Waals surface area contributed by atoms with Crippen LogP contribution >= 0.6 is 23.5 Å². The Kier molecular flexibility index (Phi) is 6.63. The van der Waals surface area contributed by atoms with Crippen molar-refractivity contribution in [3.63, 3.8) is 0 Å². The van der Waals surface area contributed by atoms with E-state index in [1.807, 2.05) is 0 Å². The summed E-state index contributed by atoms with van der Waals surface area (Å²) in [6.45, 7) is 0.560. The van der Waals surface area contributed by atoms with Crippen LogP contribution in [0.25, 0.3) is 0 Å². The summed E-state index contributed by atoms with van der Waals surface area (Å²) in [5.74, 6) is 0. The van der Waals surface area contributed by atoms with Gasteiger partial charge in [-0.05, 0) is 54.1 Å². The van der Waals surface area contributed by atoms with Gasteiger partial charge in [0.2, 0.25) is 0 Å². The van der Waals surface area contributed by atoms with E-state index >= 15 is 0 Å². The van der Waals surface area contributed by atoms with Crippen molar-refractivity contribution in [3.05, 3.63) is 121 Å². The molecular formula is C25H25NS2. The minimum atomic E-state index is -1.58. The average Bonchev–Trinajstić information content (AvgIpc) is 2.77. The Bertz CT molecular complexity index is 888. The maximum absolute atomic E-state index is 5.85. The van der Waals surface area contributed by atoms with Gasteiger partial charge in [-0.3, -0.25) is 0 Å². The zero-order valence-electron chi connectivity index (χ0n) is 15.7. The molecule has 3 heteroatoms. The maximum Gasteiger partial charge on any atom is 0.0178 e. The lowest BCUT2D eigenvalue weighted by Crippen LogP contribution is -2.05. The molecule has 4 aromatic rings. The molecule has 0 unspecified atom stereocenters. The molecule has 142 valence electrons. The third-order valence-corrected chi connectivity index (χ3v) is 8.72. The number of benzene rings is 4. The van der Waals surface area contributed by atoms with Gasteiger partial charge in [-0.1, -0.05) is 66.7 Å². The zero-order valence-corrected chi connectivity index (χ0v) is 17.5. The normalized spacial score (nSPS) is 11.5. The van der Waals surface area contributed by atoms with Crippen LogP contribution in [0.4, 0.5) is 0 Å². The molecule has 0 aliphatic heterocycles. The van der Waals surface area contributed by atoms with Crippen LogP contribution in [0.3, 0.4) is 0 Å². The Morgan fingerprint density at radius 2 is 0.786 bits per heavy atom. The first-order valence-electron chi connectivity index (χ1n) is 9.13. The first-order valence-corrected chi connectivity index (χ1v) is 10.8. The van der Waals surface area contributed by atoms with Crippen LogP contribution in [0.1, 0.15) is 5.56 Å². The summed E-state index contributed by atoms with van der Waals surface area (Å²) in [5, 5.41) is 0. The molecular weight excluding hydrogens is 378 g/mol. The van der Waals surface area contributed by atoms with Crippen molar-refractivity contribution < 1.29 is 0 Å². The second kappa shape index (κ2) is 9.16. The standard InChI is InChI=1S/C25H23NS.H2S/c26-20-21-16-18-25(19-17-21)27(22-10-4-1-5-11-22,23-12-6-2-7-13-23)24-14-8-3-9-15-24;/h1-19H,20,26H2;1H2. The summed E-state index contributed by atoms with van der Waals surface area (Å²) >= 11 is 0. The van der Waals surface area contributed by atoms with Gasteiger partial charge < -0.3 is 5.73 Å². The summed E-state index contributed by atoms with van der Waals surface area (Å²) in [5.41, 5.74) is 7.00. The van der Waals surface area contributed by atoms with E-state index in [9.17, 15) is 0 Å². The van der Waals surface area contributed by atoms with Crippen LogP contribution in [0, 0.1) is 0 Å². The van der Waals surface area contributed by atoms with E-state index in [0.717, 1.165) is 5.56 Å². The molecule has 0 saturated heterocycles. The Balaban J connectivity index is 0.00000225. The molecule has 0 heterocycles.